The van der Waals surface area contributed by atoms with Crippen LogP contribution in [-0.2, 0) is 14.3 Å². The molecule has 2 aliphatic rings. The van der Waals surface area contributed by atoms with E-state index in [4.69, 9.17) is 21.3 Å². The molecule has 0 saturated carbocycles. The van der Waals surface area contributed by atoms with Gasteiger partial charge in [0.25, 0.3) is 0 Å². The minimum Gasteiger partial charge on any atom is -0.481 e. The van der Waals surface area contributed by atoms with Gasteiger partial charge in [0.1, 0.15) is 0 Å². The third-order valence-electron chi connectivity index (χ3n) is 6.41. The largest absolute Gasteiger partial charge is 0.481 e. The second kappa shape index (κ2) is 10.1. The first-order chi connectivity index (χ1) is 15.0. The Morgan fingerprint density at radius 1 is 1.23 bits per heavy atom. The molecule has 1 aromatic carbocycles. The predicted molar refractivity (Wildman–Crippen MR) is 122 cm³/mol. The number of halogens is 1. The highest BCUT2D eigenvalue weighted by Crippen LogP contribution is 2.39. The van der Waals surface area contributed by atoms with Crippen LogP contribution in [0.5, 0.6) is 0 Å². The van der Waals surface area contributed by atoms with Crippen LogP contribution >= 0.6 is 22.9 Å². The molecule has 1 aromatic heterocycles. The van der Waals surface area contributed by atoms with Crippen LogP contribution in [-0.4, -0.2) is 41.7 Å². The number of hydrogen-bond donors (Lipinski definition) is 1. The van der Waals surface area contributed by atoms with E-state index in [1.165, 1.54) is 11.3 Å². The molecule has 0 aliphatic carbocycles. The molecule has 2 fully saturated rings. The number of benzene rings is 1. The Morgan fingerprint density at radius 2 is 2.00 bits per heavy atom. The molecule has 31 heavy (non-hydrogen) atoms. The van der Waals surface area contributed by atoms with Crippen molar-refractivity contribution in [2.45, 2.75) is 38.5 Å². The molecular weight excluding hydrogens is 436 g/mol. The van der Waals surface area contributed by atoms with E-state index >= 15 is 0 Å². The Morgan fingerprint density at radius 3 is 2.74 bits per heavy atom. The molecule has 2 aromatic rings. The van der Waals surface area contributed by atoms with E-state index in [1.807, 2.05) is 29.6 Å². The van der Waals surface area contributed by atoms with Gasteiger partial charge in [-0.2, -0.15) is 0 Å². The molecule has 0 bridgehead atoms. The Bertz CT molecular complexity index is 928. The van der Waals surface area contributed by atoms with Crippen LogP contribution in [0.4, 0.5) is 5.13 Å². The summed E-state index contributed by atoms with van der Waals surface area (Å²) in [6.45, 7) is 1.93. The van der Waals surface area contributed by atoms with Crippen molar-refractivity contribution < 1.29 is 19.4 Å². The van der Waals surface area contributed by atoms with Gasteiger partial charge in [-0.25, -0.2) is 4.98 Å². The number of rotatable bonds is 5. The summed E-state index contributed by atoms with van der Waals surface area (Å²) in [6.07, 6.45) is 4.39. The van der Waals surface area contributed by atoms with Crippen LogP contribution in [0.1, 0.15) is 38.5 Å². The molecule has 166 valence electrons. The standard InChI is InChI=1S/C23H27ClN2O4S/c24-19-7-2-1-6-17(19)20-14-31-23(25-20)26-10-4-3-5-16(15-8-11-30-12-9-15)18(22(26)29)13-21(27)28/h1-2,6-7,14-16,18H,3-5,8-13H2,(H,27,28)/t16?,18-/m0/s1. The van der Waals surface area contributed by atoms with Gasteiger partial charge >= 0.3 is 5.97 Å². The van der Waals surface area contributed by atoms with E-state index in [1.54, 1.807) is 4.90 Å². The minimum absolute atomic E-state index is 0.0679. The average Bonchev–Trinajstić information content (AvgIpc) is 3.24. The first-order valence-electron chi connectivity index (χ1n) is 10.9. The highest BCUT2D eigenvalue weighted by atomic mass is 35.5. The van der Waals surface area contributed by atoms with Crippen LogP contribution < -0.4 is 4.90 Å². The Kier molecular flexibility index (Phi) is 7.25. The second-order valence-corrected chi connectivity index (χ2v) is 9.54. The number of aromatic nitrogens is 1. The average molecular weight is 463 g/mol. The van der Waals surface area contributed by atoms with E-state index in [0.717, 1.165) is 43.4 Å². The summed E-state index contributed by atoms with van der Waals surface area (Å²) in [5.41, 5.74) is 1.56. The normalized spacial score (nSPS) is 23.4. The third kappa shape index (κ3) is 5.10. The van der Waals surface area contributed by atoms with Crippen molar-refractivity contribution in [2.75, 3.05) is 24.7 Å². The topological polar surface area (TPSA) is 79.7 Å². The maximum Gasteiger partial charge on any atom is 0.304 e. The lowest BCUT2D eigenvalue weighted by molar-refractivity contribution is -0.142. The number of aliphatic carboxylic acids is 1. The quantitative estimate of drug-likeness (QED) is 0.667. The van der Waals surface area contributed by atoms with Crippen molar-refractivity contribution in [3.05, 3.63) is 34.7 Å². The molecule has 2 atom stereocenters. The van der Waals surface area contributed by atoms with Crippen molar-refractivity contribution >= 4 is 39.9 Å². The van der Waals surface area contributed by atoms with Crippen LogP contribution in [0.3, 0.4) is 0 Å². The summed E-state index contributed by atoms with van der Waals surface area (Å²) >= 11 is 7.73. The van der Waals surface area contributed by atoms with Gasteiger partial charge in [0.05, 0.1) is 18.0 Å². The number of carboxylic acids is 1. The molecule has 1 unspecified atom stereocenters. The van der Waals surface area contributed by atoms with Gasteiger partial charge in [-0.15, -0.1) is 11.3 Å². The van der Waals surface area contributed by atoms with Crippen molar-refractivity contribution in [1.82, 2.24) is 4.98 Å². The van der Waals surface area contributed by atoms with Gasteiger partial charge in [0.15, 0.2) is 5.13 Å². The van der Waals surface area contributed by atoms with Crippen molar-refractivity contribution in [1.29, 1.82) is 0 Å². The molecule has 3 heterocycles. The second-order valence-electron chi connectivity index (χ2n) is 8.30. The molecule has 0 spiro atoms. The molecule has 2 saturated heterocycles. The molecule has 1 amide bonds. The molecule has 1 N–H and O–H groups in total. The van der Waals surface area contributed by atoms with E-state index < -0.39 is 11.9 Å². The molecular formula is C23H27ClN2O4S. The number of ether oxygens (including phenoxy) is 1. The summed E-state index contributed by atoms with van der Waals surface area (Å²) in [4.78, 5) is 31.8. The molecule has 2 aliphatic heterocycles. The van der Waals surface area contributed by atoms with Gasteiger partial charge in [-0.05, 0) is 43.6 Å². The lowest BCUT2D eigenvalue weighted by Gasteiger charge is -2.38. The van der Waals surface area contributed by atoms with Gasteiger partial charge in [-0.3, -0.25) is 14.5 Å². The zero-order valence-corrected chi connectivity index (χ0v) is 18.9. The van der Waals surface area contributed by atoms with Crippen LogP contribution in [0.25, 0.3) is 11.3 Å². The molecule has 6 nitrogen and oxygen atoms in total. The number of thiazole rings is 1. The van der Waals surface area contributed by atoms with Crippen LogP contribution in [0.2, 0.25) is 5.02 Å². The first-order valence-corrected chi connectivity index (χ1v) is 12.1. The summed E-state index contributed by atoms with van der Waals surface area (Å²) in [7, 11) is 0. The Labute approximate surface area is 191 Å². The maximum atomic E-state index is 13.7. The monoisotopic (exact) mass is 462 g/mol. The van der Waals surface area contributed by atoms with E-state index in [9.17, 15) is 14.7 Å². The molecule has 0 radical (unpaired) electrons. The van der Waals surface area contributed by atoms with E-state index in [-0.39, 0.29) is 18.2 Å². The number of carboxylic acid groups (broad SMARTS) is 1. The number of carbonyl (C=O) groups is 2. The minimum atomic E-state index is -0.924. The van der Waals surface area contributed by atoms with Crippen molar-refractivity contribution in [2.24, 2.45) is 17.8 Å². The Hall–Kier alpha value is -1.96. The fourth-order valence-electron chi connectivity index (χ4n) is 4.85. The zero-order valence-electron chi connectivity index (χ0n) is 17.3. The predicted octanol–water partition coefficient (Wildman–Crippen LogP) is 5.11. The lowest BCUT2D eigenvalue weighted by atomic mass is 9.72. The smallest absolute Gasteiger partial charge is 0.304 e. The zero-order chi connectivity index (χ0) is 21.8. The first kappa shape index (κ1) is 22.2. The lowest BCUT2D eigenvalue weighted by Crippen LogP contribution is -2.45. The number of carbonyl (C=O) groups excluding carboxylic acids is 1. The number of hydrogen-bond acceptors (Lipinski definition) is 5. The summed E-state index contributed by atoms with van der Waals surface area (Å²) in [5.74, 6) is -1.17. The fourth-order valence-corrected chi connectivity index (χ4v) is 5.94. The number of amides is 1. The van der Waals surface area contributed by atoms with Gasteiger partial charge < -0.3 is 9.84 Å². The van der Waals surface area contributed by atoms with E-state index in [0.29, 0.717) is 35.8 Å². The fraction of sp³-hybridized carbons (Fsp3) is 0.522. The number of nitrogens with zero attached hydrogens (tertiary/aromatic N) is 2. The highest BCUT2D eigenvalue weighted by Gasteiger charge is 2.40. The van der Waals surface area contributed by atoms with Gasteiger partial charge in [0.2, 0.25) is 5.91 Å². The summed E-state index contributed by atoms with van der Waals surface area (Å²) in [5, 5.41) is 12.7. The third-order valence-corrected chi connectivity index (χ3v) is 7.60. The SMILES string of the molecule is O=C(O)C[C@@H]1C(=O)N(c2nc(-c3ccccc3Cl)cs2)CCCCC1C1CCOCC1. The van der Waals surface area contributed by atoms with Gasteiger partial charge in [-0.1, -0.05) is 36.2 Å². The van der Waals surface area contributed by atoms with Crippen LogP contribution in [0, 0.1) is 17.8 Å². The number of anilines is 1. The summed E-state index contributed by atoms with van der Waals surface area (Å²) < 4.78 is 5.50. The van der Waals surface area contributed by atoms with Crippen molar-refractivity contribution in [3.63, 3.8) is 0 Å². The van der Waals surface area contributed by atoms with E-state index in [2.05, 4.69) is 0 Å². The van der Waals surface area contributed by atoms with Gasteiger partial charge in [0, 0.05) is 35.7 Å². The maximum absolute atomic E-state index is 13.7. The summed E-state index contributed by atoms with van der Waals surface area (Å²) in [6, 6.07) is 7.50. The molecule has 4 rings (SSSR count). The highest BCUT2D eigenvalue weighted by molar-refractivity contribution is 7.14. The molecule has 8 heteroatoms. The van der Waals surface area contributed by atoms with Crippen molar-refractivity contribution in [3.8, 4) is 11.3 Å². The van der Waals surface area contributed by atoms with Crippen LogP contribution in [0.15, 0.2) is 29.6 Å². The Balaban J connectivity index is 1.62.